The lowest BCUT2D eigenvalue weighted by atomic mass is 9.91. The second kappa shape index (κ2) is 2.81. The van der Waals surface area contributed by atoms with E-state index in [1.807, 2.05) is 6.07 Å². The Kier molecular flexibility index (Phi) is 1.70. The second-order valence-electron chi connectivity index (χ2n) is 4.46. The van der Waals surface area contributed by atoms with Crippen LogP contribution in [-0.4, -0.2) is 17.2 Å². The number of hydrogen-bond acceptors (Lipinski definition) is 2. The van der Waals surface area contributed by atoms with Crippen molar-refractivity contribution in [2.75, 3.05) is 6.54 Å². The molecule has 2 heteroatoms. The SMILES string of the molecule is OC1c2ccccc2CC12CCCN2. The number of hydrogen-bond donors (Lipinski definition) is 2. The van der Waals surface area contributed by atoms with Crippen molar-refractivity contribution in [3.8, 4) is 0 Å². The van der Waals surface area contributed by atoms with Crippen LogP contribution in [0.5, 0.6) is 0 Å². The Bertz CT molecular complexity index is 355. The molecule has 74 valence electrons. The van der Waals surface area contributed by atoms with Crippen LogP contribution in [0.15, 0.2) is 24.3 Å². The Morgan fingerprint density at radius 3 is 2.93 bits per heavy atom. The molecule has 0 bridgehead atoms. The van der Waals surface area contributed by atoms with E-state index in [4.69, 9.17) is 0 Å². The van der Waals surface area contributed by atoms with Crippen LogP contribution < -0.4 is 5.32 Å². The first-order valence-corrected chi connectivity index (χ1v) is 5.33. The Hall–Kier alpha value is -0.860. The van der Waals surface area contributed by atoms with Crippen molar-refractivity contribution >= 4 is 0 Å². The van der Waals surface area contributed by atoms with Gasteiger partial charge in [0.1, 0.15) is 0 Å². The zero-order valence-electron chi connectivity index (χ0n) is 8.16. The third-order valence-electron chi connectivity index (χ3n) is 3.66. The summed E-state index contributed by atoms with van der Waals surface area (Å²) in [4.78, 5) is 0. The minimum atomic E-state index is -0.304. The maximum Gasteiger partial charge on any atom is 0.0977 e. The molecule has 2 atom stereocenters. The van der Waals surface area contributed by atoms with Gasteiger partial charge in [0.05, 0.1) is 11.6 Å². The molecule has 1 spiro atoms. The summed E-state index contributed by atoms with van der Waals surface area (Å²) in [5.74, 6) is 0. The van der Waals surface area contributed by atoms with E-state index in [2.05, 4.69) is 23.5 Å². The minimum absolute atomic E-state index is 0.0380. The van der Waals surface area contributed by atoms with Gasteiger partial charge in [-0.25, -0.2) is 0 Å². The Morgan fingerprint density at radius 1 is 1.36 bits per heavy atom. The molecule has 1 aliphatic carbocycles. The Labute approximate surface area is 84.0 Å². The van der Waals surface area contributed by atoms with Crippen LogP contribution in [0.2, 0.25) is 0 Å². The molecule has 2 nitrogen and oxygen atoms in total. The van der Waals surface area contributed by atoms with E-state index in [0.29, 0.717) is 0 Å². The van der Waals surface area contributed by atoms with E-state index in [1.165, 1.54) is 12.0 Å². The molecule has 3 rings (SSSR count). The average Bonchev–Trinajstić information content (AvgIpc) is 2.77. The van der Waals surface area contributed by atoms with E-state index in [0.717, 1.165) is 24.9 Å². The van der Waals surface area contributed by atoms with Crippen LogP contribution in [0, 0.1) is 0 Å². The van der Waals surface area contributed by atoms with Gasteiger partial charge in [0, 0.05) is 0 Å². The fourth-order valence-electron chi connectivity index (χ4n) is 2.91. The van der Waals surface area contributed by atoms with Crippen LogP contribution in [0.1, 0.15) is 30.1 Å². The van der Waals surface area contributed by atoms with E-state index in [9.17, 15) is 5.11 Å². The number of nitrogens with one attached hydrogen (secondary N) is 1. The highest BCUT2D eigenvalue weighted by atomic mass is 16.3. The number of aliphatic hydroxyl groups excluding tert-OH is 1. The summed E-state index contributed by atoms with van der Waals surface area (Å²) in [6.45, 7) is 1.05. The highest BCUT2D eigenvalue weighted by Gasteiger charge is 2.46. The molecule has 0 saturated carbocycles. The fourth-order valence-corrected chi connectivity index (χ4v) is 2.91. The third-order valence-corrected chi connectivity index (χ3v) is 3.66. The van der Waals surface area contributed by atoms with Crippen molar-refractivity contribution < 1.29 is 5.11 Å². The van der Waals surface area contributed by atoms with Crippen molar-refractivity contribution in [3.63, 3.8) is 0 Å². The first-order chi connectivity index (χ1) is 6.82. The smallest absolute Gasteiger partial charge is 0.0977 e. The Morgan fingerprint density at radius 2 is 2.21 bits per heavy atom. The molecule has 2 unspecified atom stereocenters. The molecule has 0 radical (unpaired) electrons. The molecule has 1 fully saturated rings. The van der Waals surface area contributed by atoms with E-state index < -0.39 is 0 Å². The van der Waals surface area contributed by atoms with Crippen LogP contribution in [0.25, 0.3) is 0 Å². The topological polar surface area (TPSA) is 32.3 Å². The van der Waals surface area contributed by atoms with Crippen molar-refractivity contribution in [1.82, 2.24) is 5.32 Å². The van der Waals surface area contributed by atoms with Gasteiger partial charge in [-0.3, -0.25) is 0 Å². The monoisotopic (exact) mass is 189 g/mol. The number of aliphatic hydroxyl groups is 1. The number of fused-ring (bicyclic) bond motifs is 1. The molecule has 1 aromatic carbocycles. The van der Waals surface area contributed by atoms with Crippen LogP contribution in [-0.2, 0) is 6.42 Å². The van der Waals surface area contributed by atoms with Gasteiger partial charge < -0.3 is 10.4 Å². The fraction of sp³-hybridized carbons (Fsp3) is 0.500. The normalized spacial score (nSPS) is 35.1. The molecule has 14 heavy (non-hydrogen) atoms. The molecule has 1 aromatic rings. The summed E-state index contributed by atoms with van der Waals surface area (Å²) in [7, 11) is 0. The molecule has 2 aliphatic rings. The van der Waals surface area contributed by atoms with Gasteiger partial charge in [-0.15, -0.1) is 0 Å². The van der Waals surface area contributed by atoms with E-state index in [-0.39, 0.29) is 11.6 Å². The predicted octanol–water partition coefficient (Wildman–Crippen LogP) is 1.40. The molecule has 0 aromatic heterocycles. The van der Waals surface area contributed by atoms with Crippen LogP contribution in [0.3, 0.4) is 0 Å². The maximum absolute atomic E-state index is 10.3. The lowest BCUT2D eigenvalue weighted by Crippen LogP contribution is -2.43. The summed E-state index contributed by atoms with van der Waals surface area (Å²) >= 11 is 0. The van der Waals surface area contributed by atoms with Gasteiger partial charge in [-0.1, -0.05) is 24.3 Å². The lowest BCUT2D eigenvalue weighted by Gasteiger charge is -2.28. The zero-order valence-corrected chi connectivity index (χ0v) is 8.16. The van der Waals surface area contributed by atoms with Gasteiger partial charge in [0.15, 0.2) is 0 Å². The molecular formula is C12H15NO. The van der Waals surface area contributed by atoms with E-state index >= 15 is 0 Å². The molecule has 0 amide bonds. The lowest BCUT2D eigenvalue weighted by molar-refractivity contribution is 0.0859. The maximum atomic E-state index is 10.3. The summed E-state index contributed by atoms with van der Waals surface area (Å²) in [5, 5.41) is 13.7. The number of rotatable bonds is 0. The first kappa shape index (κ1) is 8.45. The minimum Gasteiger partial charge on any atom is -0.386 e. The predicted molar refractivity (Wildman–Crippen MR) is 55.1 cm³/mol. The third kappa shape index (κ3) is 0.983. The second-order valence-corrected chi connectivity index (χ2v) is 4.46. The molecule has 2 N–H and O–H groups in total. The Balaban J connectivity index is 2.04. The van der Waals surface area contributed by atoms with Gasteiger partial charge in [0.2, 0.25) is 0 Å². The molecule has 1 heterocycles. The summed E-state index contributed by atoms with van der Waals surface area (Å²) in [5.41, 5.74) is 2.40. The van der Waals surface area contributed by atoms with Crippen LogP contribution >= 0.6 is 0 Å². The van der Waals surface area contributed by atoms with Crippen LogP contribution in [0.4, 0.5) is 0 Å². The highest BCUT2D eigenvalue weighted by Crippen LogP contribution is 2.43. The van der Waals surface area contributed by atoms with Gasteiger partial charge in [-0.2, -0.15) is 0 Å². The molecule has 1 aliphatic heterocycles. The van der Waals surface area contributed by atoms with Gasteiger partial charge in [-0.05, 0) is 36.9 Å². The van der Waals surface area contributed by atoms with E-state index in [1.54, 1.807) is 0 Å². The largest absolute Gasteiger partial charge is 0.386 e. The van der Waals surface area contributed by atoms with Gasteiger partial charge >= 0.3 is 0 Å². The highest BCUT2D eigenvalue weighted by molar-refractivity contribution is 5.39. The summed E-state index contributed by atoms with van der Waals surface area (Å²) in [6, 6.07) is 8.25. The van der Waals surface area contributed by atoms with Gasteiger partial charge in [0.25, 0.3) is 0 Å². The van der Waals surface area contributed by atoms with Crippen molar-refractivity contribution in [1.29, 1.82) is 0 Å². The van der Waals surface area contributed by atoms with Crippen molar-refractivity contribution in [2.24, 2.45) is 0 Å². The molecular weight excluding hydrogens is 174 g/mol. The van der Waals surface area contributed by atoms with Crippen molar-refractivity contribution in [3.05, 3.63) is 35.4 Å². The molecule has 1 saturated heterocycles. The average molecular weight is 189 g/mol. The quantitative estimate of drug-likeness (QED) is 0.646. The summed E-state index contributed by atoms with van der Waals surface area (Å²) in [6.07, 6.45) is 2.97. The standard InChI is InChI=1S/C12H15NO/c14-11-10-5-2-1-4-9(10)8-12(11)6-3-7-13-12/h1-2,4-5,11,13-14H,3,6-8H2. The van der Waals surface area contributed by atoms with Crippen molar-refractivity contribution in [2.45, 2.75) is 30.9 Å². The number of benzene rings is 1. The first-order valence-electron chi connectivity index (χ1n) is 5.33. The summed E-state index contributed by atoms with van der Waals surface area (Å²) < 4.78 is 0. The zero-order chi connectivity index (χ0) is 9.60.